The molecule has 0 spiro atoms. The molecule has 0 radical (unpaired) electrons. The number of nitrogens with one attached hydrogen (secondary N) is 3. The monoisotopic (exact) mass is 476 g/mol. The minimum Gasteiger partial charge on any atom is -0.402 e. The van der Waals surface area contributed by atoms with Gasteiger partial charge in [-0.05, 0) is 62.3 Å². The van der Waals surface area contributed by atoms with Crippen molar-refractivity contribution >= 4 is 28.8 Å². The zero-order chi connectivity index (χ0) is 25.5. The Kier molecular flexibility index (Phi) is 8.63. The van der Waals surface area contributed by atoms with Crippen molar-refractivity contribution in [2.75, 3.05) is 5.32 Å². The van der Waals surface area contributed by atoms with Crippen LogP contribution in [0.25, 0.3) is 5.57 Å². The number of nitrogens with two attached hydrogens (primary N) is 1. The summed E-state index contributed by atoms with van der Waals surface area (Å²) in [6.45, 7) is 9.81. The van der Waals surface area contributed by atoms with Gasteiger partial charge in [0.05, 0.1) is 6.54 Å². The molecule has 0 saturated heterocycles. The second kappa shape index (κ2) is 11.6. The maximum atomic E-state index is 13.4. The number of carbonyl (C=O) groups is 2. The predicted octanol–water partition coefficient (Wildman–Crippen LogP) is 4.36. The van der Waals surface area contributed by atoms with Crippen molar-refractivity contribution in [3.63, 3.8) is 0 Å². The van der Waals surface area contributed by atoms with Crippen LogP contribution < -0.4 is 16.4 Å². The van der Waals surface area contributed by atoms with Gasteiger partial charge in [0, 0.05) is 28.9 Å². The average Bonchev–Trinajstić information content (AvgIpc) is 3.27. The SMILES string of the molecule is C=CCn1nccc1C(=O)N[C@H](C(=O)Nc1ccc(/C(C(C)=N)=C(\C)N)cc1)C1CCC(C)CC1. The lowest BCUT2D eigenvalue weighted by Gasteiger charge is -2.32. The molecule has 5 N–H and O–H groups in total. The number of allylic oxidation sites excluding steroid dienone is 3. The van der Waals surface area contributed by atoms with Gasteiger partial charge >= 0.3 is 0 Å². The van der Waals surface area contributed by atoms with Gasteiger partial charge in [0.25, 0.3) is 5.91 Å². The fraction of sp³-hybridized carbons (Fsp3) is 0.407. The lowest BCUT2D eigenvalue weighted by molar-refractivity contribution is -0.119. The van der Waals surface area contributed by atoms with Crippen molar-refractivity contribution in [1.29, 1.82) is 5.41 Å². The van der Waals surface area contributed by atoms with E-state index in [1.165, 1.54) is 0 Å². The maximum Gasteiger partial charge on any atom is 0.270 e. The van der Waals surface area contributed by atoms with Gasteiger partial charge in [-0.25, -0.2) is 0 Å². The van der Waals surface area contributed by atoms with E-state index in [2.05, 4.69) is 29.2 Å². The second-order valence-corrected chi connectivity index (χ2v) is 9.41. The molecule has 8 heteroatoms. The summed E-state index contributed by atoms with van der Waals surface area (Å²) in [5.74, 6) is 0.112. The first-order chi connectivity index (χ1) is 16.7. The summed E-state index contributed by atoms with van der Waals surface area (Å²) in [6, 6.07) is 8.24. The molecule has 1 heterocycles. The molecule has 8 nitrogen and oxygen atoms in total. The van der Waals surface area contributed by atoms with Crippen LogP contribution in [0.5, 0.6) is 0 Å². The quantitative estimate of drug-likeness (QED) is 0.317. The molecule has 1 aromatic carbocycles. The fourth-order valence-electron chi connectivity index (χ4n) is 4.71. The topological polar surface area (TPSA) is 126 Å². The number of hydrogen-bond donors (Lipinski definition) is 4. The van der Waals surface area contributed by atoms with Crippen LogP contribution >= 0.6 is 0 Å². The maximum absolute atomic E-state index is 13.4. The Bertz CT molecular complexity index is 1100. The van der Waals surface area contributed by atoms with Gasteiger partial charge in [0.15, 0.2) is 0 Å². The third-order valence-corrected chi connectivity index (χ3v) is 6.56. The summed E-state index contributed by atoms with van der Waals surface area (Å²) < 4.78 is 1.56. The lowest BCUT2D eigenvalue weighted by atomic mass is 9.79. The van der Waals surface area contributed by atoms with E-state index in [-0.39, 0.29) is 17.7 Å². The average molecular weight is 477 g/mol. The molecule has 2 amide bonds. The Morgan fingerprint density at radius 2 is 1.86 bits per heavy atom. The van der Waals surface area contributed by atoms with Crippen LogP contribution in [0.15, 0.2) is 54.9 Å². The van der Waals surface area contributed by atoms with Crippen LogP contribution in [0.4, 0.5) is 5.69 Å². The predicted molar refractivity (Wildman–Crippen MR) is 140 cm³/mol. The van der Waals surface area contributed by atoms with E-state index >= 15 is 0 Å². The molecule has 186 valence electrons. The summed E-state index contributed by atoms with van der Waals surface area (Å²) in [7, 11) is 0. The second-order valence-electron chi connectivity index (χ2n) is 9.41. The molecule has 1 atom stereocenters. The van der Waals surface area contributed by atoms with Crippen molar-refractivity contribution in [3.8, 4) is 0 Å². The van der Waals surface area contributed by atoms with E-state index in [1.807, 2.05) is 12.1 Å². The van der Waals surface area contributed by atoms with Crippen LogP contribution in [0.3, 0.4) is 0 Å². The molecule has 3 rings (SSSR count). The number of aromatic nitrogens is 2. The Morgan fingerprint density at radius 1 is 1.20 bits per heavy atom. The number of carbonyl (C=O) groups excluding carboxylic acids is 2. The van der Waals surface area contributed by atoms with Gasteiger partial charge in [0.1, 0.15) is 11.7 Å². The molecule has 1 aliphatic carbocycles. The number of amides is 2. The molecule has 1 fully saturated rings. The molecule has 2 aromatic rings. The van der Waals surface area contributed by atoms with Crippen LogP contribution in [-0.4, -0.2) is 33.3 Å². The summed E-state index contributed by atoms with van der Waals surface area (Å²) in [5, 5.41) is 18.1. The van der Waals surface area contributed by atoms with Gasteiger partial charge in [-0.1, -0.05) is 38.0 Å². The molecule has 1 saturated carbocycles. The largest absolute Gasteiger partial charge is 0.402 e. The Labute approximate surface area is 207 Å². The minimum atomic E-state index is -0.660. The summed E-state index contributed by atoms with van der Waals surface area (Å²) >= 11 is 0. The van der Waals surface area contributed by atoms with E-state index in [0.29, 0.717) is 40.8 Å². The number of nitrogens with zero attached hydrogens (tertiary/aromatic N) is 2. The van der Waals surface area contributed by atoms with Crippen LogP contribution in [0.2, 0.25) is 0 Å². The summed E-state index contributed by atoms with van der Waals surface area (Å²) in [5.41, 5.74) is 9.42. The number of hydrogen-bond acceptors (Lipinski definition) is 5. The normalized spacial score (nSPS) is 19.3. The zero-order valence-corrected chi connectivity index (χ0v) is 20.8. The number of benzene rings is 1. The van der Waals surface area contributed by atoms with Crippen molar-refractivity contribution < 1.29 is 9.59 Å². The molecule has 0 aliphatic heterocycles. The molecule has 35 heavy (non-hydrogen) atoms. The van der Waals surface area contributed by atoms with Gasteiger partial charge in [-0.3, -0.25) is 14.3 Å². The smallest absolute Gasteiger partial charge is 0.270 e. The van der Waals surface area contributed by atoms with Crippen LogP contribution in [0, 0.1) is 17.2 Å². The molecular weight excluding hydrogens is 440 g/mol. The Morgan fingerprint density at radius 3 is 2.43 bits per heavy atom. The van der Waals surface area contributed by atoms with Gasteiger partial charge in [0.2, 0.25) is 5.91 Å². The summed E-state index contributed by atoms with van der Waals surface area (Å²) in [6.07, 6.45) is 7.07. The standard InChI is InChI=1S/C27H36N6O2/c1-5-16-33-23(14-15-30-33)26(34)32-25(21-8-6-17(2)7-9-21)27(35)31-22-12-10-20(11-13-22)24(18(3)28)19(4)29/h5,10-15,17,21,25,28H,1,6-9,16,29H2,2-4H3,(H,31,35)(H,32,34)/b24-19+,28-18?/t17?,21?,25-/m0/s1. The third-order valence-electron chi connectivity index (χ3n) is 6.56. The summed E-state index contributed by atoms with van der Waals surface area (Å²) in [4.78, 5) is 26.5. The lowest BCUT2D eigenvalue weighted by Crippen LogP contribution is -2.49. The fourth-order valence-corrected chi connectivity index (χ4v) is 4.71. The van der Waals surface area contributed by atoms with E-state index in [4.69, 9.17) is 11.1 Å². The van der Waals surface area contributed by atoms with E-state index in [9.17, 15) is 9.59 Å². The van der Waals surface area contributed by atoms with E-state index < -0.39 is 6.04 Å². The van der Waals surface area contributed by atoms with Crippen molar-refractivity contribution in [2.24, 2.45) is 17.6 Å². The van der Waals surface area contributed by atoms with Crippen molar-refractivity contribution in [2.45, 2.75) is 59.0 Å². The third kappa shape index (κ3) is 6.47. The molecule has 1 aromatic heterocycles. The molecule has 0 bridgehead atoms. The van der Waals surface area contributed by atoms with Gasteiger partial charge in [-0.15, -0.1) is 6.58 Å². The van der Waals surface area contributed by atoms with Crippen LogP contribution in [0.1, 0.15) is 62.5 Å². The molecular formula is C27H36N6O2. The first-order valence-electron chi connectivity index (χ1n) is 12.1. The first kappa shape index (κ1) is 25.9. The zero-order valence-electron chi connectivity index (χ0n) is 20.8. The first-order valence-corrected chi connectivity index (χ1v) is 12.1. The minimum absolute atomic E-state index is 0.0557. The van der Waals surface area contributed by atoms with Crippen LogP contribution in [-0.2, 0) is 11.3 Å². The molecule has 1 aliphatic rings. The van der Waals surface area contributed by atoms with Gasteiger partial charge in [-0.2, -0.15) is 5.10 Å². The Hall–Kier alpha value is -3.68. The van der Waals surface area contributed by atoms with Gasteiger partial charge < -0.3 is 21.8 Å². The Balaban J connectivity index is 1.79. The molecule has 0 unspecified atom stereocenters. The highest BCUT2D eigenvalue weighted by Gasteiger charge is 2.33. The highest BCUT2D eigenvalue weighted by Crippen LogP contribution is 2.31. The highest BCUT2D eigenvalue weighted by molar-refractivity contribution is 6.21. The van der Waals surface area contributed by atoms with Crippen molar-refractivity contribution in [3.05, 3.63) is 66.1 Å². The number of rotatable bonds is 9. The van der Waals surface area contributed by atoms with E-state index in [1.54, 1.807) is 49.0 Å². The number of anilines is 1. The highest BCUT2D eigenvalue weighted by atomic mass is 16.2. The van der Waals surface area contributed by atoms with Crippen molar-refractivity contribution in [1.82, 2.24) is 15.1 Å². The van der Waals surface area contributed by atoms with E-state index in [0.717, 1.165) is 31.2 Å².